The van der Waals surface area contributed by atoms with Crippen molar-refractivity contribution >= 4 is 23.8 Å². The fourth-order valence-corrected chi connectivity index (χ4v) is 2.10. The number of esters is 1. The maximum absolute atomic E-state index is 11.8. The molecule has 1 aliphatic rings. The molecule has 0 spiro atoms. The van der Waals surface area contributed by atoms with Crippen LogP contribution in [-0.4, -0.2) is 41.4 Å². The van der Waals surface area contributed by atoms with Gasteiger partial charge in [-0.1, -0.05) is 0 Å². The van der Waals surface area contributed by atoms with Gasteiger partial charge in [0.05, 0.1) is 6.07 Å². The summed E-state index contributed by atoms with van der Waals surface area (Å²) in [6.45, 7) is 1.09. The summed E-state index contributed by atoms with van der Waals surface area (Å²) in [5.74, 6) is -1.17. The lowest BCUT2D eigenvalue weighted by atomic mass is 10.1. The molecule has 1 aliphatic heterocycles. The molecule has 1 aromatic heterocycles. The van der Waals surface area contributed by atoms with Gasteiger partial charge in [-0.3, -0.25) is 14.9 Å². The molecular weight excluding hydrogens is 292 g/mol. The lowest BCUT2D eigenvalue weighted by Crippen LogP contribution is -2.38. The Balaban J connectivity index is 1.78. The third kappa shape index (κ3) is 4.44. The third-order valence-corrected chi connectivity index (χ3v) is 3.22. The molecule has 0 saturated carbocycles. The minimum Gasteiger partial charge on any atom is -0.452 e. The molecule has 0 unspecified atom stereocenters. The van der Waals surface area contributed by atoms with Gasteiger partial charge in [0, 0.05) is 19.2 Å². The van der Waals surface area contributed by atoms with Gasteiger partial charge >= 0.3 is 11.9 Å². The predicted molar refractivity (Wildman–Crippen MR) is 75.8 cm³/mol. The van der Waals surface area contributed by atoms with Crippen LogP contribution in [0.25, 0.3) is 6.08 Å². The zero-order chi connectivity index (χ0) is 15.9. The first kappa shape index (κ1) is 15.7. The van der Waals surface area contributed by atoms with Crippen LogP contribution in [0.2, 0.25) is 0 Å². The molecule has 2 rings (SSSR count). The van der Waals surface area contributed by atoms with E-state index in [0.29, 0.717) is 13.1 Å². The Morgan fingerprint density at radius 3 is 2.68 bits per heavy atom. The van der Waals surface area contributed by atoms with Crippen LogP contribution in [0.5, 0.6) is 0 Å². The Bertz CT molecular complexity index is 586. The summed E-state index contributed by atoms with van der Waals surface area (Å²) in [5, 5.41) is 10.4. The van der Waals surface area contributed by atoms with Crippen LogP contribution in [0.1, 0.15) is 25.0 Å². The summed E-state index contributed by atoms with van der Waals surface area (Å²) >= 11 is 0. The number of ether oxygens (including phenoxy) is 1. The first-order chi connectivity index (χ1) is 10.6. The van der Waals surface area contributed by atoms with E-state index < -0.39 is 16.8 Å². The smallest absolute Gasteiger partial charge is 0.433 e. The van der Waals surface area contributed by atoms with E-state index in [9.17, 15) is 19.7 Å². The lowest BCUT2D eigenvalue weighted by molar-refractivity contribution is -0.402. The first-order valence-electron chi connectivity index (χ1n) is 6.93. The highest BCUT2D eigenvalue weighted by Crippen LogP contribution is 2.16. The van der Waals surface area contributed by atoms with Crippen LogP contribution in [0.3, 0.4) is 0 Å². The van der Waals surface area contributed by atoms with Crippen molar-refractivity contribution in [3.8, 4) is 0 Å². The van der Waals surface area contributed by atoms with Gasteiger partial charge in [0.1, 0.15) is 10.7 Å². The highest BCUT2D eigenvalue weighted by Gasteiger charge is 2.17. The zero-order valence-corrected chi connectivity index (χ0v) is 11.9. The molecule has 118 valence electrons. The Hall–Kier alpha value is -2.64. The maximum atomic E-state index is 11.8. The number of hydrogen-bond donors (Lipinski definition) is 0. The van der Waals surface area contributed by atoms with Crippen LogP contribution < -0.4 is 0 Å². The SMILES string of the molecule is O=C(/C=C/c1ccc([N+](=O)[O-])o1)OCC(=O)N1CCCCC1. The average molecular weight is 308 g/mol. The van der Waals surface area contributed by atoms with Crippen molar-refractivity contribution < 1.29 is 23.7 Å². The second-order valence-electron chi connectivity index (χ2n) is 4.82. The van der Waals surface area contributed by atoms with Gasteiger partial charge in [-0.15, -0.1) is 0 Å². The molecule has 1 aromatic rings. The Morgan fingerprint density at radius 1 is 1.32 bits per heavy atom. The van der Waals surface area contributed by atoms with E-state index in [1.165, 1.54) is 18.2 Å². The quantitative estimate of drug-likeness (QED) is 0.355. The summed E-state index contributed by atoms with van der Waals surface area (Å²) in [6, 6.07) is 2.55. The lowest BCUT2D eigenvalue weighted by Gasteiger charge is -2.26. The number of piperidine rings is 1. The van der Waals surface area contributed by atoms with Crippen molar-refractivity contribution in [3.63, 3.8) is 0 Å². The van der Waals surface area contributed by atoms with Crippen molar-refractivity contribution in [2.75, 3.05) is 19.7 Å². The van der Waals surface area contributed by atoms with E-state index in [-0.39, 0.29) is 18.3 Å². The molecule has 2 heterocycles. The molecule has 0 radical (unpaired) electrons. The van der Waals surface area contributed by atoms with Gasteiger partial charge in [0.2, 0.25) is 0 Å². The van der Waals surface area contributed by atoms with E-state index in [4.69, 9.17) is 9.15 Å². The van der Waals surface area contributed by atoms with Gasteiger partial charge in [-0.25, -0.2) is 4.79 Å². The average Bonchev–Trinajstić information content (AvgIpc) is 3.00. The van der Waals surface area contributed by atoms with Crippen molar-refractivity contribution in [3.05, 3.63) is 34.1 Å². The molecule has 1 amide bonds. The fraction of sp³-hybridized carbons (Fsp3) is 0.429. The molecule has 1 saturated heterocycles. The molecule has 8 heteroatoms. The minimum absolute atomic E-state index is 0.158. The summed E-state index contributed by atoms with van der Waals surface area (Å²) < 4.78 is 9.69. The summed E-state index contributed by atoms with van der Waals surface area (Å²) in [7, 11) is 0. The van der Waals surface area contributed by atoms with E-state index >= 15 is 0 Å². The summed E-state index contributed by atoms with van der Waals surface area (Å²) in [5.41, 5.74) is 0. The zero-order valence-electron chi connectivity index (χ0n) is 11.9. The highest BCUT2D eigenvalue weighted by molar-refractivity contribution is 5.89. The van der Waals surface area contributed by atoms with E-state index in [0.717, 1.165) is 25.3 Å². The van der Waals surface area contributed by atoms with Crippen molar-refractivity contribution in [2.24, 2.45) is 0 Å². The monoisotopic (exact) mass is 308 g/mol. The second kappa shape index (κ2) is 7.39. The molecular formula is C14H16N2O6. The number of nitrogens with zero attached hydrogens (tertiary/aromatic N) is 2. The van der Waals surface area contributed by atoms with Crippen molar-refractivity contribution in [2.45, 2.75) is 19.3 Å². The molecule has 0 atom stereocenters. The number of carbonyl (C=O) groups is 2. The number of furan rings is 1. The molecule has 0 bridgehead atoms. The van der Waals surface area contributed by atoms with Crippen LogP contribution in [0, 0.1) is 10.1 Å². The number of amides is 1. The molecule has 22 heavy (non-hydrogen) atoms. The molecule has 0 aliphatic carbocycles. The van der Waals surface area contributed by atoms with Crippen molar-refractivity contribution in [1.82, 2.24) is 4.90 Å². The standard InChI is InChI=1S/C14H16N2O6/c17-12(15-8-2-1-3-9-15)10-21-14(18)7-5-11-4-6-13(22-11)16(19)20/h4-7H,1-3,8-10H2/b7-5+. The fourth-order valence-electron chi connectivity index (χ4n) is 2.10. The molecule has 0 N–H and O–H groups in total. The molecule has 1 fully saturated rings. The first-order valence-corrected chi connectivity index (χ1v) is 6.93. The van der Waals surface area contributed by atoms with Crippen LogP contribution in [-0.2, 0) is 14.3 Å². The minimum atomic E-state index is -0.704. The van der Waals surface area contributed by atoms with Crippen molar-refractivity contribution in [1.29, 1.82) is 0 Å². The maximum Gasteiger partial charge on any atom is 0.433 e. The number of rotatable bonds is 5. The van der Waals surface area contributed by atoms with Crippen LogP contribution >= 0.6 is 0 Å². The van der Waals surface area contributed by atoms with Gasteiger partial charge in [0.15, 0.2) is 6.61 Å². The summed E-state index contributed by atoms with van der Waals surface area (Å²) in [4.78, 5) is 34.7. The van der Waals surface area contributed by atoms with E-state index in [1.54, 1.807) is 4.90 Å². The van der Waals surface area contributed by atoms with Crippen LogP contribution in [0.15, 0.2) is 22.6 Å². The van der Waals surface area contributed by atoms with Crippen LogP contribution in [0.4, 0.5) is 5.88 Å². The Kier molecular flexibility index (Phi) is 5.29. The number of carbonyl (C=O) groups excluding carboxylic acids is 2. The van der Waals surface area contributed by atoms with Gasteiger partial charge in [-0.2, -0.15) is 0 Å². The third-order valence-electron chi connectivity index (χ3n) is 3.22. The van der Waals surface area contributed by atoms with Gasteiger partial charge in [-0.05, 0) is 31.4 Å². The van der Waals surface area contributed by atoms with E-state index in [2.05, 4.69) is 0 Å². The van der Waals surface area contributed by atoms with Gasteiger partial charge in [0.25, 0.3) is 5.91 Å². The Morgan fingerprint density at radius 2 is 2.05 bits per heavy atom. The molecule has 0 aromatic carbocycles. The number of hydrogen-bond acceptors (Lipinski definition) is 6. The predicted octanol–water partition coefficient (Wildman–Crippen LogP) is 1.76. The number of likely N-dealkylation sites (tertiary alicyclic amines) is 1. The summed E-state index contributed by atoms with van der Waals surface area (Å²) in [6.07, 6.45) is 5.36. The largest absolute Gasteiger partial charge is 0.452 e. The normalized spacial score (nSPS) is 15.0. The highest BCUT2D eigenvalue weighted by atomic mass is 16.6. The molecule has 8 nitrogen and oxygen atoms in total. The second-order valence-corrected chi connectivity index (χ2v) is 4.82. The topological polar surface area (TPSA) is 103 Å². The Labute approximate surface area is 126 Å². The van der Waals surface area contributed by atoms with Gasteiger partial charge < -0.3 is 14.1 Å². The van der Waals surface area contributed by atoms with E-state index in [1.807, 2.05) is 0 Å². The number of nitro groups is 1.